The summed E-state index contributed by atoms with van der Waals surface area (Å²) in [6.07, 6.45) is 1.58. The highest BCUT2D eigenvalue weighted by Gasteiger charge is 2.28. The van der Waals surface area contributed by atoms with E-state index in [0.29, 0.717) is 0 Å². The van der Waals surface area contributed by atoms with Crippen LogP contribution >= 0.6 is 12.6 Å². The molecular weight excluding hydrogens is 476 g/mol. The lowest BCUT2D eigenvalue weighted by Crippen LogP contribution is -2.57. The van der Waals surface area contributed by atoms with Crippen molar-refractivity contribution < 1.29 is 29.1 Å². The van der Waals surface area contributed by atoms with Crippen LogP contribution in [0.25, 0.3) is 10.9 Å². The van der Waals surface area contributed by atoms with Crippen molar-refractivity contribution in [3.05, 3.63) is 36.0 Å². The SMILES string of the molecule is CC(NC(=O)C(N)Cc1c[nH]c2ccccc12)C(=O)NC(CS)C(=O)NC(CCC(N)=O)C(=O)O. The highest BCUT2D eigenvalue weighted by atomic mass is 32.1. The zero-order valence-corrected chi connectivity index (χ0v) is 20.0. The predicted octanol–water partition coefficient (Wildman–Crippen LogP) is -1.21. The third-order valence-corrected chi connectivity index (χ3v) is 5.68. The molecule has 13 heteroatoms. The first-order valence-electron chi connectivity index (χ1n) is 10.9. The molecule has 0 saturated heterocycles. The van der Waals surface area contributed by atoms with Gasteiger partial charge < -0.3 is 37.5 Å². The summed E-state index contributed by atoms with van der Waals surface area (Å²) in [6.45, 7) is 1.42. The van der Waals surface area contributed by atoms with Crippen LogP contribution in [-0.2, 0) is 30.4 Å². The van der Waals surface area contributed by atoms with Crippen LogP contribution in [0.4, 0.5) is 0 Å². The highest BCUT2D eigenvalue weighted by molar-refractivity contribution is 7.80. The van der Waals surface area contributed by atoms with E-state index in [2.05, 4.69) is 33.6 Å². The molecule has 1 aromatic carbocycles. The van der Waals surface area contributed by atoms with Gasteiger partial charge in [0.15, 0.2) is 0 Å². The second-order valence-electron chi connectivity index (χ2n) is 8.05. The van der Waals surface area contributed by atoms with Gasteiger partial charge in [-0.2, -0.15) is 12.6 Å². The number of carbonyl (C=O) groups excluding carboxylic acids is 4. The van der Waals surface area contributed by atoms with Crippen LogP contribution in [0.1, 0.15) is 25.3 Å². The Morgan fingerprint density at radius 3 is 2.31 bits per heavy atom. The number of thiol groups is 1. The number of carboxylic acids is 1. The molecule has 0 aliphatic carbocycles. The van der Waals surface area contributed by atoms with Gasteiger partial charge >= 0.3 is 5.97 Å². The van der Waals surface area contributed by atoms with Crippen molar-refractivity contribution in [3.63, 3.8) is 0 Å². The van der Waals surface area contributed by atoms with Crippen molar-refractivity contribution >= 4 is 53.1 Å². The molecular formula is C22H30N6O6S. The van der Waals surface area contributed by atoms with E-state index in [1.807, 2.05) is 24.3 Å². The van der Waals surface area contributed by atoms with Crippen LogP contribution in [0.3, 0.4) is 0 Å². The summed E-state index contributed by atoms with van der Waals surface area (Å²) in [5.74, 6) is -4.25. The number of rotatable bonds is 13. The van der Waals surface area contributed by atoms with Crippen molar-refractivity contribution in [3.8, 4) is 0 Å². The number of carbonyl (C=O) groups is 5. The summed E-state index contributed by atoms with van der Waals surface area (Å²) in [6, 6.07) is 3.08. The van der Waals surface area contributed by atoms with Crippen LogP contribution < -0.4 is 27.4 Å². The van der Waals surface area contributed by atoms with Crippen LogP contribution in [0.15, 0.2) is 30.5 Å². The smallest absolute Gasteiger partial charge is 0.326 e. The maximum atomic E-state index is 12.5. The molecule has 4 amide bonds. The maximum Gasteiger partial charge on any atom is 0.326 e. The Morgan fingerprint density at radius 2 is 1.69 bits per heavy atom. The topological polar surface area (TPSA) is 209 Å². The van der Waals surface area contributed by atoms with E-state index in [-0.39, 0.29) is 25.0 Å². The fraction of sp³-hybridized carbons (Fsp3) is 0.409. The standard InChI is InChI=1S/C22H30N6O6S/c1-11(26-20(31)14(23)8-12-9-25-15-5-3-2-4-13(12)15)19(30)28-17(10-35)21(32)27-16(22(33)34)6-7-18(24)29/h2-5,9,11,14,16-17,25,35H,6-8,10,23H2,1H3,(H2,24,29)(H,26,31)(H,27,32)(H,28,30)(H,33,34). The molecule has 4 atom stereocenters. The molecule has 1 aromatic heterocycles. The van der Waals surface area contributed by atoms with Gasteiger partial charge in [0.05, 0.1) is 6.04 Å². The van der Waals surface area contributed by atoms with Crippen LogP contribution in [0, 0.1) is 0 Å². The quantitative estimate of drug-likeness (QED) is 0.155. The number of hydrogen-bond donors (Lipinski definition) is 8. The molecule has 0 bridgehead atoms. The molecule has 0 radical (unpaired) electrons. The average Bonchev–Trinajstić information content (AvgIpc) is 3.22. The molecule has 0 saturated carbocycles. The Morgan fingerprint density at radius 1 is 1.03 bits per heavy atom. The monoisotopic (exact) mass is 506 g/mol. The van der Waals surface area contributed by atoms with Crippen molar-refractivity contribution in [1.82, 2.24) is 20.9 Å². The Hall–Kier alpha value is -3.58. The summed E-state index contributed by atoms with van der Waals surface area (Å²) in [7, 11) is 0. The molecule has 2 aromatic rings. The first-order chi connectivity index (χ1) is 16.5. The van der Waals surface area contributed by atoms with Crippen molar-refractivity contribution in [2.45, 2.75) is 50.4 Å². The number of carboxylic acid groups (broad SMARTS) is 1. The van der Waals surface area contributed by atoms with Crippen molar-refractivity contribution in [2.75, 3.05) is 5.75 Å². The summed E-state index contributed by atoms with van der Waals surface area (Å²) in [5, 5.41) is 17.3. The van der Waals surface area contributed by atoms with Gasteiger partial charge in [-0.1, -0.05) is 18.2 Å². The minimum Gasteiger partial charge on any atom is -0.480 e. The van der Waals surface area contributed by atoms with Crippen LogP contribution in [-0.4, -0.2) is 69.6 Å². The third kappa shape index (κ3) is 8.00. The number of para-hydroxylation sites is 1. The molecule has 9 N–H and O–H groups in total. The first kappa shape index (κ1) is 27.7. The second kappa shape index (κ2) is 12.8. The second-order valence-corrected chi connectivity index (χ2v) is 8.41. The van der Waals surface area contributed by atoms with E-state index in [9.17, 15) is 29.1 Å². The summed E-state index contributed by atoms with van der Waals surface area (Å²) >= 11 is 4.03. The molecule has 35 heavy (non-hydrogen) atoms. The van der Waals surface area contributed by atoms with Gasteiger partial charge in [0.1, 0.15) is 18.1 Å². The molecule has 12 nitrogen and oxygen atoms in total. The van der Waals surface area contributed by atoms with E-state index in [1.54, 1.807) is 6.20 Å². The van der Waals surface area contributed by atoms with Crippen LogP contribution in [0.2, 0.25) is 0 Å². The van der Waals surface area contributed by atoms with E-state index in [1.165, 1.54) is 6.92 Å². The Bertz CT molecular complexity index is 1090. The van der Waals surface area contributed by atoms with Gasteiger partial charge in [0.2, 0.25) is 23.6 Å². The van der Waals surface area contributed by atoms with E-state index >= 15 is 0 Å². The first-order valence-corrected chi connectivity index (χ1v) is 11.5. The minimum atomic E-state index is -1.37. The maximum absolute atomic E-state index is 12.5. The van der Waals surface area contributed by atoms with Gasteiger partial charge in [0, 0.05) is 29.3 Å². The lowest BCUT2D eigenvalue weighted by molar-refractivity contribution is -0.142. The fourth-order valence-electron chi connectivity index (χ4n) is 3.32. The fourth-order valence-corrected chi connectivity index (χ4v) is 3.58. The number of primary amides is 1. The number of aliphatic carboxylic acids is 1. The summed E-state index contributed by atoms with van der Waals surface area (Å²) in [4.78, 5) is 62.9. The molecule has 0 aliphatic rings. The predicted molar refractivity (Wildman–Crippen MR) is 131 cm³/mol. The Labute approximate surface area is 207 Å². The van der Waals surface area contributed by atoms with Gasteiger partial charge in [-0.05, 0) is 31.4 Å². The van der Waals surface area contributed by atoms with E-state index in [4.69, 9.17) is 11.5 Å². The van der Waals surface area contributed by atoms with E-state index < -0.39 is 53.8 Å². The number of amides is 4. The van der Waals surface area contributed by atoms with Gasteiger partial charge in [-0.3, -0.25) is 19.2 Å². The largest absolute Gasteiger partial charge is 0.480 e. The van der Waals surface area contributed by atoms with Crippen molar-refractivity contribution in [1.29, 1.82) is 0 Å². The summed E-state index contributed by atoms with van der Waals surface area (Å²) < 4.78 is 0. The average molecular weight is 507 g/mol. The number of nitrogens with two attached hydrogens (primary N) is 2. The number of H-pyrrole nitrogens is 1. The molecule has 2 rings (SSSR count). The zero-order chi connectivity index (χ0) is 26.1. The highest BCUT2D eigenvalue weighted by Crippen LogP contribution is 2.18. The Kier molecular flexibility index (Phi) is 10.1. The number of aromatic amines is 1. The molecule has 0 spiro atoms. The van der Waals surface area contributed by atoms with Crippen LogP contribution in [0.5, 0.6) is 0 Å². The number of nitrogens with one attached hydrogen (secondary N) is 4. The number of hydrogen-bond acceptors (Lipinski definition) is 7. The molecule has 0 aliphatic heterocycles. The number of benzene rings is 1. The minimum absolute atomic E-state index is 0.138. The number of aromatic nitrogens is 1. The third-order valence-electron chi connectivity index (χ3n) is 5.31. The molecule has 190 valence electrons. The van der Waals surface area contributed by atoms with Gasteiger partial charge in [-0.15, -0.1) is 0 Å². The Balaban J connectivity index is 1.91. The van der Waals surface area contributed by atoms with Gasteiger partial charge in [0.25, 0.3) is 0 Å². The van der Waals surface area contributed by atoms with Gasteiger partial charge in [-0.25, -0.2) is 4.79 Å². The summed E-state index contributed by atoms with van der Waals surface area (Å²) in [5.41, 5.74) is 12.8. The normalized spacial score (nSPS) is 14.4. The zero-order valence-electron chi connectivity index (χ0n) is 19.1. The molecule has 0 fully saturated rings. The van der Waals surface area contributed by atoms with Crippen molar-refractivity contribution in [2.24, 2.45) is 11.5 Å². The number of fused-ring (bicyclic) bond motifs is 1. The lowest BCUT2D eigenvalue weighted by Gasteiger charge is -2.22. The lowest BCUT2D eigenvalue weighted by atomic mass is 10.0. The van der Waals surface area contributed by atoms with E-state index in [0.717, 1.165) is 16.5 Å². The molecule has 1 heterocycles. The molecule has 4 unspecified atom stereocenters.